The largest absolute Gasteiger partial charge is 0.435 e. The molecule has 6 saturated heterocycles. The van der Waals surface area contributed by atoms with Crippen LogP contribution in [0.2, 0.25) is 0 Å². The molecule has 0 aliphatic carbocycles. The summed E-state index contributed by atoms with van der Waals surface area (Å²) in [4.78, 5) is 100. The monoisotopic (exact) mass is 1640 g/mol. The summed E-state index contributed by atoms with van der Waals surface area (Å²) in [5.41, 5.74) is 6.25. The Morgan fingerprint density at radius 3 is 1.13 bits per heavy atom. The highest BCUT2D eigenvalue weighted by atomic mass is 19.4. The Morgan fingerprint density at radius 1 is 0.417 bits per heavy atom. The molecule has 29 nitrogen and oxygen atoms in total. The Labute approximate surface area is 686 Å². The van der Waals surface area contributed by atoms with E-state index >= 15 is 13.2 Å². The highest BCUT2D eigenvalue weighted by Gasteiger charge is 2.37. The molecule has 0 radical (unpaired) electrons. The lowest BCUT2D eigenvalue weighted by atomic mass is 10.0. The van der Waals surface area contributed by atoms with E-state index in [9.17, 15) is 27.6 Å². The molecule has 18 rings (SSSR count). The first-order valence-electron chi connectivity index (χ1n) is 40.0. The minimum atomic E-state index is -4.59. The van der Waals surface area contributed by atoms with Crippen LogP contribution in [0.4, 0.5) is 61.1 Å². The summed E-state index contributed by atoms with van der Waals surface area (Å²) in [5, 5.41) is 13.7. The number of hydrogen-bond acceptors (Lipinski definition) is 23. The number of alkyl halides is 3. The number of hydrogen-bond donors (Lipinski definition) is 7. The normalized spacial score (nSPS) is 16.2. The van der Waals surface area contributed by atoms with Gasteiger partial charge in [0.15, 0.2) is 52.2 Å². The van der Waals surface area contributed by atoms with Crippen LogP contribution in [0.5, 0.6) is 34.9 Å². The zero-order valence-electron chi connectivity index (χ0n) is 67.0. The van der Waals surface area contributed by atoms with Gasteiger partial charge in [0.2, 0.25) is 17.6 Å². The molecule has 624 valence electrons. The van der Waals surface area contributed by atoms with Gasteiger partial charge in [-0.3, -0.25) is 29.1 Å². The summed E-state index contributed by atoms with van der Waals surface area (Å²) in [6.07, 6.45) is 5.42. The lowest BCUT2D eigenvalue weighted by Crippen LogP contribution is -2.44. The van der Waals surface area contributed by atoms with Gasteiger partial charge in [-0.1, -0.05) is 18.2 Å². The van der Waals surface area contributed by atoms with Gasteiger partial charge in [-0.15, -0.1) is 0 Å². The number of piperazine rings is 3. The second-order valence-electron chi connectivity index (χ2n) is 30.9. The van der Waals surface area contributed by atoms with Gasteiger partial charge in [0.1, 0.15) is 47.3 Å². The van der Waals surface area contributed by atoms with Crippen LogP contribution in [-0.4, -0.2) is 244 Å². The highest BCUT2D eigenvalue weighted by Crippen LogP contribution is 2.41. The van der Waals surface area contributed by atoms with Gasteiger partial charge >= 0.3 is 6.18 Å². The van der Waals surface area contributed by atoms with E-state index in [4.69, 9.17) is 14.2 Å². The third-order valence-electron chi connectivity index (χ3n) is 22.1. The number of nitrogens with zero attached hydrogens (tertiary/aromatic N) is 16. The first-order valence-corrected chi connectivity index (χ1v) is 40.0. The highest BCUT2D eigenvalue weighted by molar-refractivity contribution is 6.04. The van der Waals surface area contributed by atoms with Crippen LogP contribution >= 0.6 is 0 Å². The van der Waals surface area contributed by atoms with Crippen LogP contribution in [-0.2, 0) is 25.8 Å². The maximum atomic E-state index is 15.4. The van der Waals surface area contributed by atoms with Crippen molar-refractivity contribution in [3.63, 3.8) is 0 Å². The Hall–Kier alpha value is -12.4. The third-order valence-corrected chi connectivity index (χ3v) is 22.1. The van der Waals surface area contributed by atoms with Crippen molar-refractivity contribution in [2.45, 2.75) is 65.8 Å². The van der Waals surface area contributed by atoms with Gasteiger partial charge in [-0.05, 0) is 150 Å². The summed E-state index contributed by atoms with van der Waals surface area (Å²) >= 11 is 0. The molecule has 6 aliphatic heterocycles. The molecular formula is C85H91F6N23O6. The molecule has 7 N–H and O–H groups in total. The van der Waals surface area contributed by atoms with Gasteiger partial charge in [-0.25, -0.2) is 53.0 Å². The minimum absolute atomic E-state index is 0.0124. The molecule has 0 spiro atoms. The fraction of sp³-hybridized carbons (Fsp3) is 0.353. The van der Waals surface area contributed by atoms with Crippen molar-refractivity contribution in [3.05, 3.63) is 202 Å². The van der Waals surface area contributed by atoms with Crippen LogP contribution in [0.15, 0.2) is 128 Å². The van der Waals surface area contributed by atoms with Crippen molar-refractivity contribution in [1.29, 1.82) is 0 Å². The topological polar surface area (TPSA) is 303 Å². The molecule has 35 heteroatoms. The Kier molecular flexibility index (Phi) is 24.2. The number of anilines is 6. The van der Waals surface area contributed by atoms with E-state index in [0.29, 0.717) is 96.7 Å². The average molecular weight is 1640 g/mol. The van der Waals surface area contributed by atoms with Gasteiger partial charge in [-0.2, -0.15) is 13.2 Å². The van der Waals surface area contributed by atoms with Crippen LogP contribution in [0, 0.1) is 38.2 Å². The van der Waals surface area contributed by atoms with E-state index in [-0.39, 0.29) is 98.6 Å². The van der Waals surface area contributed by atoms with Crippen molar-refractivity contribution in [1.82, 2.24) is 99.3 Å². The third kappa shape index (κ3) is 18.5. The molecule has 14 heterocycles. The van der Waals surface area contributed by atoms with Crippen molar-refractivity contribution < 1.29 is 54.9 Å². The van der Waals surface area contributed by atoms with Crippen molar-refractivity contribution in [2.75, 3.05) is 148 Å². The Morgan fingerprint density at radius 2 is 0.783 bits per heavy atom. The number of amides is 3. The second kappa shape index (κ2) is 35.6. The smallest absolute Gasteiger partial charge is 0.416 e. The quantitative estimate of drug-likeness (QED) is 0.0329. The number of likely N-dealkylation sites (N-methyl/N-ethyl adjacent to an activating group) is 2. The van der Waals surface area contributed by atoms with E-state index in [2.05, 4.69) is 103 Å². The molecule has 0 unspecified atom stereocenters. The predicted octanol–water partition coefficient (Wildman–Crippen LogP) is 13.1. The maximum Gasteiger partial charge on any atom is 0.416 e. The van der Waals surface area contributed by atoms with Crippen LogP contribution < -0.4 is 35.5 Å². The summed E-state index contributed by atoms with van der Waals surface area (Å²) in [5.74, 6) is -1.57. The standard InChI is InChI=1S/C30H31F4N7O2.C28H31FN8O2.C27H29FN8O2/c1-18-14-21-23(37-18)6-7-24(26(21)31)43-28-25(29(42)41-8-3-9-41)27(35-17-36-28)38-20-5-4-19(22(15-20)30(32,33)34)16-40-12-10-39(2)11-13-40;1-18-14-20-21(33-18)5-6-22(25(20)29)39-27-24(28(38)37-8-3-9-37)26(31-17-32-27)34-23-7-4-19(15-30-23)16-36-12-10-35(2)11-13-36;1-17-13-19-20(33-17)4-5-21(24(19)28)38-26-23(27(37)36-9-2-10-36)25(31-16-32-26)34-22-6-3-18(14-30-22)15-35-11-7-29-8-12-35/h4-7,14-15,17,37H,3,8-13,16H2,1-2H3,(H,35,36,38);4-7,14-15,17,33H,3,8-13,16H2,1-2H3,(H,30,31,32,34);3-6,13-14,16,29,33H,2,7-12,15H2,1H3,(H,30,31,32,34). The molecule has 3 amide bonds. The molecule has 0 saturated carbocycles. The molecule has 0 atom stereocenters. The minimum Gasteiger partial charge on any atom is -0.435 e. The van der Waals surface area contributed by atoms with Gasteiger partial charge in [0.25, 0.3) is 17.7 Å². The van der Waals surface area contributed by atoms with Crippen molar-refractivity contribution >= 4 is 85.2 Å². The number of rotatable bonds is 21. The number of ether oxygens (including phenoxy) is 3. The molecule has 6 aliphatic rings. The van der Waals surface area contributed by atoms with E-state index in [1.165, 1.54) is 43.0 Å². The van der Waals surface area contributed by atoms with Crippen LogP contribution in [0.3, 0.4) is 0 Å². The lowest BCUT2D eigenvalue weighted by Gasteiger charge is -2.33. The van der Waals surface area contributed by atoms with Gasteiger partial charge in [0.05, 0.1) is 5.56 Å². The number of aromatic nitrogens is 11. The molecule has 12 aromatic rings. The number of aryl methyl sites for hydroxylation is 3. The number of halogens is 6. The number of carbonyl (C=O) groups excluding carboxylic acids is 3. The maximum absolute atomic E-state index is 15.4. The number of H-pyrrole nitrogens is 3. The molecule has 6 fully saturated rings. The van der Waals surface area contributed by atoms with Crippen molar-refractivity contribution in [2.24, 2.45) is 0 Å². The van der Waals surface area contributed by atoms with E-state index in [1.54, 1.807) is 58.0 Å². The van der Waals surface area contributed by atoms with Crippen LogP contribution in [0.1, 0.15) is 89.7 Å². The zero-order chi connectivity index (χ0) is 83.3. The summed E-state index contributed by atoms with van der Waals surface area (Å²) < 4.78 is 106. The lowest BCUT2D eigenvalue weighted by molar-refractivity contribution is -0.138. The average Bonchev–Trinajstić information content (AvgIpc) is 1.26. The fourth-order valence-electron chi connectivity index (χ4n) is 14.9. The fourth-order valence-corrected chi connectivity index (χ4v) is 14.9. The molecule has 8 aromatic heterocycles. The van der Waals surface area contributed by atoms with Gasteiger partial charge in [0, 0.05) is 205 Å². The number of benzene rings is 4. The SMILES string of the molecule is Cc1cc2c(F)c(Oc3ncnc(Nc4ccc(CN5CCN(C)CC5)c(C(F)(F)F)c4)c3C(=O)N3CCC3)ccc2[nH]1.Cc1cc2c(F)c(Oc3ncnc(Nc4ccc(CN5CCN(C)CC5)cn4)c3C(=O)N3CCC3)ccc2[nH]1.Cc1cc2c(F)c(Oc3ncnc(Nc4ccc(CN5CCNCC5)cn4)c3C(=O)N3CCC3)ccc2[nH]1. The first kappa shape index (κ1) is 81.3. The Balaban J connectivity index is 0.000000134. The number of fused-ring (bicyclic) bond motifs is 3. The molecule has 120 heavy (non-hydrogen) atoms. The zero-order valence-corrected chi connectivity index (χ0v) is 67.0. The summed E-state index contributed by atoms with van der Waals surface area (Å²) in [6.45, 7) is 22.0. The number of aromatic amines is 3. The van der Waals surface area contributed by atoms with E-state index in [1.807, 2.05) is 62.5 Å². The number of carbonyl (C=O) groups is 3. The van der Waals surface area contributed by atoms with E-state index < -0.39 is 35.1 Å². The van der Waals surface area contributed by atoms with Crippen molar-refractivity contribution in [3.8, 4) is 34.9 Å². The Bertz CT molecular complexity index is 5720. The molecular weight excluding hydrogens is 1550 g/mol. The number of likely N-dealkylation sites (tertiary alicyclic amines) is 3. The molecule has 0 bridgehead atoms. The molecule has 4 aromatic carbocycles. The number of nitrogens with one attached hydrogen (secondary N) is 7. The van der Waals surface area contributed by atoms with Gasteiger partial charge < -0.3 is 74.9 Å². The summed E-state index contributed by atoms with van der Waals surface area (Å²) in [6, 6.07) is 26.5. The summed E-state index contributed by atoms with van der Waals surface area (Å²) in [7, 11) is 4.13. The first-order chi connectivity index (χ1) is 58.1. The predicted molar refractivity (Wildman–Crippen MR) is 440 cm³/mol. The number of pyridine rings is 2. The van der Waals surface area contributed by atoms with Crippen LogP contribution in [0.25, 0.3) is 32.7 Å². The van der Waals surface area contributed by atoms with E-state index in [0.717, 1.165) is 138 Å². The second-order valence-corrected chi connectivity index (χ2v) is 30.9.